The van der Waals surface area contributed by atoms with Crippen molar-refractivity contribution >= 4 is 50.6 Å². The Bertz CT molecular complexity index is 151. The molecule has 1 saturated heterocycles. The van der Waals surface area contributed by atoms with Gasteiger partial charge in [-0.1, -0.05) is 0 Å². The molecule has 0 saturated carbocycles. The van der Waals surface area contributed by atoms with Gasteiger partial charge in [0.15, 0.2) is 0 Å². The molecule has 72 valence electrons. The molecule has 0 bridgehead atoms. The summed E-state index contributed by atoms with van der Waals surface area (Å²) >= 11 is -2.64. The van der Waals surface area contributed by atoms with Crippen molar-refractivity contribution in [3.05, 3.63) is 0 Å². The van der Waals surface area contributed by atoms with Gasteiger partial charge in [-0.05, 0) is 0 Å². The zero-order valence-electron chi connectivity index (χ0n) is 8.08. The van der Waals surface area contributed by atoms with E-state index in [0.29, 0.717) is 0 Å². The molecule has 0 amide bonds. The fourth-order valence-electron chi connectivity index (χ4n) is 2.13. The Kier molecular flexibility index (Phi) is 3.37. The summed E-state index contributed by atoms with van der Waals surface area (Å²) in [7, 11) is 9.87. The molecule has 0 radical (unpaired) electrons. The summed E-state index contributed by atoms with van der Waals surface area (Å²) in [5, 5.41) is 0. The third-order valence-corrected chi connectivity index (χ3v) is 43.3. The van der Waals surface area contributed by atoms with E-state index in [1.807, 2.05) is 0 Å². The molecule has 1 heterocycles. The maximum absolute atomic E-state index is 6.41. The van der Waals surface area contributed by atoms with Crippen LogP contribution in [0.15, 0.2) is 0 Å². The Morgan fingerprint density at radius 2 is 1.33 bits per heavy atom. The molecule has 0 aliphatic carbocycles. The summed E-state index contributed by atoms with van der Waals surface area (Å²) in [6, 6.07) is 0. The number of rotatable bonds is 0. The molecule has 0 aromatic heterocycles. The van der Waals surface area contributed by atoms with Crippen LogP contribution in [0.2, 0.25) is 34.3 Å². The molecule has 1 nitrogen and oxygen atoms in total. The van der Waals surface area contributed by atoms with Crippen LogP contribution in [0, 0.1) is 0 Å². The van der Waals surface area contributed by atoms with Crippen LogP contribution in [0.3, 0.4) is 0 Å². The molecule has 0 unspecified atom stereocenters. The van der Waals surface area contributed by atoms with Gasteiger partial charge < -0.3 is 0 Å². The van der Waals surface area contributed by atoms with E-state index >= 15 is 0 Å². The minimum absolute atomic E-state index is 1.07. The average Bonchev–Trinajstić information content (AvgIpc) is 1.44. The summed E-state index contributed by atoms with van der Waals surface area (Å²) in [5.74, 6) is 0. The molecular weight excluding hydrogens is 334 g/mol. The quantitative estimate of drug-likeness (QED) is 0.609. The minimum atomic E-state index is -2.64. The van der Waals surface area contributed by atoms with E-state index in [4.69, 9.17) is 22.0 Å². The van der Waals surface area contributed by atoms with E-state index < -0.39 is 32.8 Å². The van der Waals surface area contributed by atoms with Gasteiger partial charge in [-0.3, -0.25) is 0 Å². The van der Waals surface area contributed by atoms with Gasteiger partial charge in [0.2, 0.25) is 0 Å². The molecule has 1 aliphatic rings. The molecule has 6 heteroatoms. The topological polar surface area (TPSA) is 9.23 Å². The number of halogens is 2. The Labute approximate surface area is 88.3 Å². The van der Waals surface area contributed by atoms with Gasteiger partial charge in [0, 0.05) is 0 Å². The maximum atomic E-state index is 6.41. The third-order valence-electron chi connectivity index (χ3n) is 1.92. The van der Waals surface area contributed by atoms with Crippen LogP contribution >= 0.6 is 17.8 Å². The molecule has 1 aliphatic heterocycles. The third kappa shape index (κ3) is 3.49. The molecule has 1 rings (SSSR count). The molecular formula is C6H16Cl2OSi2Sn. The van der Waals surface area contributed by atoms with Crippen LogP contribution in [-0.4, -0.2) is 32.8 Å². The summed E-state index contributed by atoms with van der Waals surface area (Å²) < 4.78 is 8.30. The van der Waals surface area contributed by atoms with Crippen LogP contribution in [-0.2, 0) is 4.12 Å². The Hall–Kier alpha value is 1.77. The standard InChI is InChI=1S/C6H16OSi2.2ClH.Sn/c1-8(2,3)7-9(4,5)6;;;/h1,4H2,2-3,5-6H3;2*1H;/q;;;+2/p-2. The van der Waals surface area contributed by atoms with Crippen LogP contribution < -0.4 is 0 Å². The van der Waals surface area contributed by atoms with Gasteiger partial charge in [-0.25, -0.2) is 0 Å². The Morgan fingerprint density at radius 1 is 1.00 bits per heavy atom. The first kappa shape index (κ1) is 11.8. The van der Waals surface area contributed by atoms with Crippen LogP contribution in [0.1, 0.15) is 0 Å². The van der Waals surface area contributed by atoms with Crippen molar-refractivity contribution in [2.45, 2.75) is 34.3 Å². The van der Waals surface area contributed by atoms with Gasteiger partial charge in [0.05, 0.1) is 0 Å². The second kappa shape index (κ2) is 3.41. The van der Waals surface area contributed by atoms with Crippen molar-refractivity contribution in [2.75, 3.05) is 0 Å². The summed E-state index contributed by atoms with van der Waals surface area (Å²) in [4.78, 5) is 0. The summed E-state index contributed by atoms with van der Waals surface area (Å²) in [6.45, 7) is 8.99. The summed E-state index contributed by atoms with van der Waals surface area (Å²) in [6.07, 6.45) is 0. The fraction of sp³-hybridized carbons (Fsp3) is 1.00. The molecule has 12 heavy (non-hydrogen) atoms. The van der Waals surface area contributed by atoms with Crippen LogP contribution in [0.25, 0.3) is 0 Å². The van der Waals surface area contributed by atoms with Gasteiger partial charge >= 0.3 is 89.0 Å². The van der Waals surface area contributed by atoms with Crippen molar-refractivity contribution in [1.82, 2.24) is 0 Å². The van der Waals surface area contributed by atoms with Gasteiger partial charge in [-0.2, -0.15) is 0 Å². The normalized spacial score (nSPS) is 31.5. The van der Waals surface area contributed by atoms with Gasteiger partial charge in [0.25, 0.3) is 0 Å². The molecule has 0 N–H and O–H groups in total. The first-order valence-corrected chi connectivity index (χ1v) is 21.7. The zero-order valence-corrected chi connectivity index (χ0v) is 14.4. The summed E-state index contributed by atoms with van der Waals surface area (Å²) in [5.41, 5.74) is 0. The van der Waals surface area contributed by atoms with Gasteiger partial charge in [-0.15, -0.1) is 0 Å². The monoisotopic (exact) mass is 350 g/mol. The van der Waals surface area contributed by atoms with Crippen LogP contribution in [0.5, 0.6) is 0 Å². The number of hydrogen-bond acceptors (Lipinski definition) is 1. The van der Waals surface area contributed by atoms with Crippen molar-refractivity contribution in [3.63, 3.8) is 0 Å². The van der Waals surface area contributed by atoms with E-state index in [1.165, 1.54) is 0 Å². The second-order valence-corrected chi connectivity index (χ2v) is 35.3. The molecule has 0 atom stereocenters. The van der Waals surface area contributed by atoms with Crippen LogP contribution in [0.4, 0.5) is 0 Å². The zero-order chi connectivity index (χ0) is 9.62. The molecule has 1 fully saturated rings. The molecule has 0 spiro atoms. The van der Waals surface area contributed by atoms with E-state index in [1.54, 1.807) is 0 Å². The predicted octanol–water partition coefficient (Wildman–Crippen LogP) is 3.43. The fourth-order valence-corrected chi connectivity index (χ4v) is 65.8. The van der Waals surface area contributed by atoms with E-state index in [0.717, 1.165) is 8.12 Å². The first-order chi connectivity index (χ1) is 5.12. The van der Waals surface area contributed by atoms with Crippen molar-refractivity contribution in [2.24, 2.45) is 0 Å². The van der Waals surface area contributed by atoms with Crippen molar-refractivity contribution in [1.29, 1.82) is 0 Å². The van der Waals surface area contributed by atoms with E-state index in [-0.39, 0.29) is 0 Å². The Morgan fingerprint density at radius 3 is 1.58 bits per heavy atom. The Balaban J connectivity index is 2.81. The predicted molar refractivity (Wildman–Crippen MR) is 63.1 cm³/mol. The van der Waals surface area contributed by atoms with Crippen molar-refractivity contribution in [3.8, 4) is 0 Å². The first-order valence-electron chi connectivity index (χ1n) is 4.20. The molecule has 0 aromatic rings. The van der Waals surface area contributed by atoms with E-state index in [2.05, 4.69) is 26.2 Å². The van der Waals surface area contributed by atoms with Gasteiger partial charge in [0.1, 0.15) is 0 Å². The average molecular weight is 350 g/mol. The van der Waals surface area contributed by atoms with E-state index in [9.17, 15) is 0 Å². The molecule has 0 aromatic carbocycles. The number of hydrogen-bond donors (Lipinski definition) is 0. The SMILES string of the molecule is C[Si]1(C)[CH2][Sn]([Cl])([Cl])[CH2][Si](C)(C)O1. The van der Waals surface area contributed by atoms with Crippen molar-refractivity contribution < 1.29 is 4.12 Å². The second-order valence-electron chi connectivity index (χ2n) is 4.83.